The monoisotopic (exact) mass is 284 g/mol. The van der Waals surface area contributed by atoms with Crippen molar-refractivity contribution in [1.29, 1.82) is 0 Å². The van der Waals surface area contributed by atoms with Gasteiger partial charge in [0.05, 0.1) is 0 Å². The van der Waals surface area contributed by atoms with Gasteiger partial charge in [0.15, 0.2) is 0 Å². The first-order valence-electron chi connectivity index (χ1n) is 8.67. The Balaban J connectivity index is 1.69. The zero-order valence-corrected chi connectivity index (χ0v) is 12.9. The maximum Gasteiger partial charge on any atom is 0.259 e. The maximum absolute atomic E-state index is 12.6. The summed E-state index contributed by atoms with van der Waals surface area (Å²) >= 11 is 0. The second-order valence-electron chi connectivity index (χ2n) is 6.89. The molecule has 20 heavy (non-hydrogen) atoms. The van der Waals surface area contributed by atoms with Crippen molar-refractivity contribution >= 4 is 0 Å². The van der Waals surface area contributed by atoms with Crippen LogP contribution in [0.1, 0.15) is 77.6 Å². The molecule has 0 aromatic carbocycles. The zero-order chi connectivity index (χ0) is 14.4. The first-order valence-corrected chi connectivity index (χ1v) is 8.67. The molecule has 0 N–H and O–H groups in total. The van der Waals surface area contributed by atoms with Gasteiger partial charge in [-0.1, -0.05) is 51.5 Å². The molecule has 0 heterocycles. The Morgan fingerprint density at radius 3 is 2.35 bits per heavy atom. The SMILES string of the molecule is CCCCCC1CCC(C2CC=C(C(F)F)CC2)CC1. The number of rotatable bonds is 6. The summed E-state index contributed by atoms with van der Waals surface area (Å²) in [6.07, 6.45) is 13.1. The maximum atomic E-state index is 12.6. The highest BCUT2D eigenvalue weighted by molar-refractivity contribution is 5.09. The molecule has 2 aliphatic carbocycles. The van der Waals surface area contributed by atoms with E-state index in [-0.39, 0.29) is 0 Å². The van der Waals surface area contributed by atoms with Crippen molar-refractivity contribution < 1.29 is 8.78 Å². The summed E-state index contributed by atoms with van der Waals surface area (Å²) in [6, 6.07) is 0. The van der Waals surface area contributed by atoms with Crippen molar-refractivity contribution in [3.8, 4) is 0 Å². The number of halogens is 2. The molecular weight excluding hydrogens is 254 g/mol. The molecule has 0 radical (unpaired) electrons. The fourth-order valence-electron chi connectivity index (χ4n) is 4.13. The summed E-state index contributed by atoms with van der Waals surface area (Å²) in [5.74, 6) is 2.45. The van der Waals surface area contributed by atoms with Crippen LogP contribution in [0.4, 0.5) is 8.78 Å². The van der Waals surface area contributed by atoms with E-state index in [1.807, 2.05) is 6.08 Å². The third-order valence-electron chi connectivity index (χ3n) is 5.54. The molecule has 0 aromatic rings. The Hall–Kier alpha value is -0.400. The molecule has 0 aromatic heterocycles. The molecule has 1 unspecified atom stereocenters. The molecule has 116 valence electrons. The van der Waals surface area contributed by atoms with Crippen molar-refractivity contribution in [1.82, 2.24) is 0 Å². The van der Waals surface area contributed by atoms with Crippen molar-refractivity contribution in [2.45, 2.75) is 84.0 Å². The minimum Gasteiger partial charge on any atom is -0.205 e. The van der Waals surface area contributed by atoms with Crippen LogP contribution in [0, 0.1) is 17.8 Å². The molecule has 0 amide bonds. The van der Waals surface area contributed by atoms with Crippen molar-refractivity contribution in [3.63, 3.8) is 0 Å². The number of allylic oxidation sites excluding steroid dienone is 2. The largest absolute Gasteiger partial charge is 0.259 e. The van der Waals surface area contributed by atoms with Gasteiger partial charge in [0, 0.05) is 0 Å². The smallest absolute Gasteiger partial charge is 0.205 e. The Bertz CT molecular complexity index is 301. The zero-order valence-electron chi connectivity index (χ0n) is 12.9. The van der Waals surface area contributed by atoms with Gasteiger partial charge in [-0.3, -0.25) is 0 Å². The number of hydrogen-bond acceptors (Lipinski definition) is 0. The minimum absolute atomic E-state index is 0.398. The van der Waals surface area contributed by atoms with E-state index in [4.69, 9.17) is 0 Å². The van der Waals surface area contributed by atoms with Crippen molar-refractivity contribution in [3.05, 3.63) is 11.6 Å². The molecule has 0 spiro atoms. The van der Waals surface area contributed by atoms with Crippen LogP contribution in [-0.4, -0.2) is 6.43 Å². The van der Waals surface area contributed by atoms with Gasteiger partial charge < -0.3 is 0 Å². The fraction of sp³-hybridized carbons (Fsp3) is 0.889. The Morgan fingerprint density at radius 1 is 1.05 bits per heavy atom. The quantitative estimate of drug-likeness (QED) is 0.393. The van der Waals surface area contributed by atoms with Gasteiger partial charge >= 0.3 is 0 Å². The molecule has 1 atom stereocenters. The molecule has 1 saturated carbocycles. The van der Waals surface area contributed by atoms with Crippen LogP contribution in [-0.2, 0) is 0 Å². The Labute approximate surface area is 123 Å². The van der Waals surface area contributed by atoms with E-state index in [1.54, 1.807) is 0 Å². The van der Waals surface area contributed by atoms with Crippen LogP contribution in [0.5, 0.6) is 0 Å². The predicted octanol–water partition coefficient (Wildman–Crippen LogP) is 6.36. The van der Waals surface area contributed by atoms with E-state index in [0.29, 0.717) is 17.9 Å². The Morgan fingerprint density at radius 2 is 1.80 bits per heavy atom. The molecule has 0 bridgehead atoms. The molecule has 2 aliphatic rings. The average Bonchev–Trinajstić information content (AvgIpc) is 2.48. The highest BCUT2D eigenvalue weighted by Crippen LogP contribution is 2.41. The second-order valence-corrected chi connectivity index (χ2v) is 6.89. The lowest BCUT2D eigenvalue weighted by Crippen LogP contribution is -2.24. The first kappa shape index (κ1) is 16.0. The molecule has 0 nitrogen and oxygen atoms in total. The normalized spacial score (nSPS) is 31.4. The summed E-state index contributed by atoms with van der Waals surface area (Å²) in [7, 11) is 0. The topological polar surface area (TPSA) is 0 Å². The van der Waals surface area contributed by atoms with E-state index in [9.17, 15) is 8.78 Å². The highest BCUT2D eigenvalue weighted by Gasteiger charge is 2.29. The average molecular weight is 284 g/mol. The van der Waals surface area contributed by atoms with E-state index in [2.05, 4.69) is 6.92 Å². The molecule has 0 aliphatic heterocycles. The van der Waals surface area contributed by atoms with Crippen LogP contribution in [0.2, 0.25) is 0 Å². The number of hydrogen-bond donors (Lipinski definition) is 0. The lowest BCUT2D eigenvalue weighted by Gasteiger charge is -2.35. The van der Waals surface area contributed by atoms with E-state index < -0.39 is 6.43 Å². The van der Waals surface area contributed by atoms with Gasteiger partial charge in [-0.25, -0.2) is 8.78 Å². The molecule has 0 saturated heterocycles. The van der Waals surface area contributed by atoms with Crippen molar-refractivity contribution in [2.24, 2.45) is 17.8 Å². The molecular formula is C18H30F2. The van der Waals surface area contributed by atoms with Crippen molar-refractivity contribution in [2.75, 3.05) is 0 Å². The molecule has 1 fully saturated rings. The summed E-state index contributed by atoms with van der Waals surface area (Å²) < 4.78 is 25.2. The number of alkyl halides is 2. The van der Waals surface area contributed by atoms with Gasteiger partial charge in [-0.15, -0.1) is 0 Å². The summed E-state index contributed by atoms with van der Waals surface area (Å²) in [6.45, 7) is 2.27. The lowest BCUT2D eigenvalue weighted by molar-refractivity contribution is 0.159. The highest BCUT2D eigenvalue weighted by atomic mass is 19.3. The molecule has 2 rings (SSSR count). The van der Waals surface area contributed by atoms with Crippen LogP contribution in [0.15, 0.2) is 11.6 Å². The van der Waals surface area contributed by atoms with Gasteiger partial charge in [-0.2, -0.15) is 0 Å². The van der Waals surface area contributed by atoms with Gasteiger partial charge in [0.25, 0.3) is 6.43 Å². The third-order valence-corrected chi connectivity index (χ3v) is 5.54. The molecule has 2 heteroatoms. The minimum atomic E-state index is -2.22. The summed E-state index contributed by atoms with van der Waals surface area (Å²) in [5, 5.41) is 0. The van der Waals surface area contributed by atoms with Crippen LogP contribution in [0.3, 0.4) is 0 Å². The summed E-state index contributed by atoms with van der Waals surface area (Å²) in [5.41, 5.74) is 0.398. The van der Waals surface area contributed by atoms with Gasteiger partial charge in [0.1, 0.15) is 0 Å². The van der Waals surface area contributed by atoms with Crippen LogP contribution < -0.4 is 0 Å². The van der Waals surface area contributed by atoms with Crippen LogP contribution >= 0.6 is 0 Å². The standard InChI is InChI=1S/C18H30F2/c1-2-3-4-5-14-6-8-15(9-7-14)16-10-12-17(13-11-16)18(19)20/h12,14-16,18H,2-11,13H2,1H3. The Kier molecular flexibility index (Phi) is 6.51. The van der Waals surface area contributed by atoms with E-state index in [0.717, 1.165) is 24.7 Å². The van der Waals surface area contributed by atoms with Gasteiger partial charge in [-0.05, 0) is 55.4 Å². The lowest BCUT2D eigenvalue weighted by atomic mass is 9.70. The predicted molar refractivity (Wildman–Crippen MR) is 81.0 cm³/mol. The van der Waals surface area contributed by atoms with Gasteiger partial charge in [0.2, 0.25) is 0 Å². The first-order chi connectivity index (χ1) is 9.70. The van der Waals surface area contributed by atoms with E-state index in [1.165, 1.54) is 51.4 Å². The second kappa shape index (κ2) is 8.14. The third kappa shape index (κ3) is 4.56. The summed E-state index contributed by atoms with van der Waals surface area (Å²) in [4.78, 5) is 0. The number of unbranched alkanes of at least 4 members (excludes halogenated alkanes) is 2. The van der Waals surface area contributed by atoms with Crippen LogP contribution in [0.25, 0.3) is 0 Å². The fourth-order valence-corrected chi connectivity index (χ4v) is 4.13. The van der Waals surface area contributed by atoms with E-state index >= 15 is 0 Å².